The van der Waals surface area contributed by atoms with Gasteiger partial charge in [-0.15, -0.1) is 0 Å². The molecule has 4 nitrogen and oxygen atoms in total. The lowest BCUT2D eigenvalue weighted by atomic mass is 10.2. The van der Waals surface area contributed by atoms with Gasteiger partial charge in [0.25, 0.3) is 0 Å². The Balaban J connectivity index is 2.46. The van der Waals surface area contributed by atoms with E-state index in [1.165, 1.54) is 0 Å². The third-order valence-corrected chi connectivity index (χ3v) is 3.37. The minimum Gasteiger partial charge on any atom is -0.439 e. The van der Waals surface area contributed by atoms with Crippen molar-refractivity contribution in [2.24, 2.45) is 0 Å². The normalized spacial score (nSPS) is 11.9. The predicted molar refractivity (Wildman–Crippen MR) is 79.8 cm³/mol. The smallest absolute Gasteiger partial charge is 0.224 e. The molecule has 0 aliphatic rings. The number of aromatic nitrogens is 1. The van der Waals surface area contributed by atoms with E-state index in [2.05, 4.69) is 13.0 Å². The third-order valence-electron chi connectivity index (χ3n) is 3.37. The van der Waals surface area contributed by atoms with Crippen LogP contribution in [0.25, 0.3) is 0 Å². The van der Waals surface area contributed by atoms with Crippen LogP contribution in [-0.2, 0) is 0 Å². The van der Waals surface area contributed by atoms with E-state index in [0.717, 1.165) is 17.7 Å². The summed E-state index contributed by atoms with van der Waals surface area (Å²) in [7, 11) is 0. The van der Waals surface area contributed by atoms with Crippen molar-refractivity contribution in [1.82, 2.24) is 4.57 Å². The van der Waals surface area contributed by atoms with Crippen molar-refractivity contribution < 1.29 is 4.74 Å². The Morgan fingerprint density at radius 1 is 1.40 bits per heavy atom. The molecule has 0 saturated heterocycles. The van der Waals surface area contributed by atoms with Gasteiger partial charge in [0.1, 0.15) is 17.5 Å². The Labute approximate surface area is 119 Å². The summed E-state index contributed by atoms with van der Waals surface area (Å²) in [6.07, 6.45) is 0.896. The van der Waals surface area contributed by atoms with Crippen LogP contribution in [0.15, 0.2) is 30.3 Å². The van der Waals surface area contributed by atoms with Crippen LogP contribution in [0.4, 0.5) is 5.69 Å². The average Bonchev–Trinajstić information content (AvgIpc) is 2.74. The van der Waals surface area contributed by atoms with Crippen molar-refractivity contribution in [2.75, 3.05) is 5.73 Å². The average molecular weight is 269 g/mol. The molecular weight excluding hydrogens is 250 g/mol. The molecule has 104 valence electrons. The van der Waals surface area contributed by atoms with Gasteiger partial charge in [0.2, 0.25) is 5.88 Å². The number of hydrogen-bond acceptors (Lipinski definition) is 3. The molecule has 1 aromatic heterocycles. The number of nitrogens with two attached hydrogens (primary N) is 1. The summed E-state index contributed by atoms with van der Waals surface area (Å²) in [5.74, 6) is 1.27. The molecule has 2 rings (SSSR count). The maximum atomic E-state index is 9.23. The number of rotatable bonds is 4. The van der Waals surface area contributed by atoms with Crippen molar-refractivity contribution in [1.29, 1.82) is 5.26 Å². The van der Waals surface area contributed by atoms with Gasteiger partial charge in [-0.05, 0) is 38.0 Å². The quantitative estimate of drug-likeness (QED) is 0.911. The zero-order chi connectivity index (χ0) is 14.7. The molecule has 0 bridgehead atoms. The van der Waals surface area contributed by atoms with Crippen LogP contribution < -0.4 is 10.5 Å². The van der Waals surface area contributed by atoms with E-state index in [4.69, 9.17) is 10.5 Å². The maximum Gasteiger partial charge on any atom is 0.224 e. The van der Waals surface area contributed by atoms with E-state index >= 15 is 0 Å². The zero-order valence-corrected chi connectivity index (χ0v) is 12.1. The fourth-order valence-corrected chi connectivity index (χ4v) is 2.13. The molecule has 0 aliphatic heterocycles. The molecule has 1 atom stereocenters. The summed E-state index contributed by atoms with van der Waals surface area (Å²) in [5, 5.41) is 9.23. The zero-order valence-electron chi connectivity index (χ0n) is 12.1. The van der Waals surface area contributed by atoms with Crippen molar-refractivity contribution in [3.8, 4) is 17.7 Å². The van der Waals surface area contributed by atoms with Gasteiger partial charge in [0, 0.05) is 12.1 Å². The summed E-state index contributed by atoms with van der Waals surface area (Å²) in [6, 6.07) is 11.8. The van der Waals surface area contributed by atoms with Crippen LogP contribution in [0.2, 0.25) is 0 Å². The SMILES string of the molecule is CCC(C)n1c(C#N)cc(N)c1Oc1cccc(C)c1. The van der Waals surface area contributed by atoms with E-state index in [-0.39, 0.29) is 6.04 Å². The van der Waals surface area contributed by atoms with Crippen molar-refractivity contribution in [3.05, 3.63) is 41.6 Å². The van der Waals surface area contributed by atoms with Crippen LogP contribution in [0.1, 0.15) is 37.6 Å². The van der Waals surface area contributed by atoms with Gasteiger partial charge in [0.05, 0.1) is 5.69 Å². The molecule has 2 N–H and O–H groups in total. The topological polar surface area (TPSA) is 64.0 Å². The molecular formula is C16H19N3O. The lowest BCUT2D eigenvalue weighted by Gasteiger charge is -2.17. The summed E-state index contributed by atoms with van der Waals surface area (Å²) in [6.45, 7) is 6.12. The van der Waals surface area contributed by atoms with Crippen molar-refractivity contribution >= 4 is 5.69 Å². The van der Waals surface area contributed by atoms with Gasteiger partial charge in [0.15, 0.2) is 0 Å². The number of nitriles is 1. The molecule has 2 aromatic rings. The van der Waals surface area contributed by atoms with Gasteiger partial charge in [-0.1, -0.05) is 19.1 Å². The fraction of sp³-hybridized carbons (Fsp3) is 0.312. The van der Waals surface area contributed by atoms with E-state index in [0.29, 0.717) is 17.3 Å². The number of nitrogens with zero attached hydrogens (tertiary/aromatic N) is 2. The highest BCUT2D eigenvalue weighted by Crippen LogP contribution is 2.34. The molecule has 1 aromatic carbocycles. The van der Waals surface area contributed by atoms with Crippen LogP contribution in [-0.4, -0.2) is 4.57 Å². The Kier molecular flexibility index (Phi) is 3.99. The highest BCUT2D eigenvalue weighted by Gasteiger charge is 2.18. The lowest BCUT2D eigenvalue weighted by Crippen LogP contribution is -2.08. The number of benzene rings is 1. The van der Waals surface area contributed by atoms with Gasteiger partial charge >= 0.3 is 0 Å². The number of aryl methyl sites for hydroxylation is 1. The molecule has 1 unspecified atom stereocenters. The summed E-state index contributed by atoms with van der Waals surface area (Å²) >= 11 is 0. The molecule has 0 fully saturated rings. The van der Waals surface area contributed by atoms with E-state index < -0.39 is 0 Å². The molecule has 20 heavy (non-hydrogen) atoms. The molecule has 1 heterocycles. The highest BCUT2D eigenvalue weighted by atomic mass is 16.5. The minimum absolute atomic E-state index is 0.154. The summed E-state index contributed by atoms with van der Waals surface area (Å²) < 4.78 is 7.77. The predicted octanol–water partition coefficient (Wildman–Crippen LogP) is 4.01. The largest absolute Gasteiger partial charge is 0.439 e. The first kappa shape index (κ1) is 14.0. The standard InChI is InChI=1S/C16H19N3O/c1-4-12(3)19-13(10-17)9-15(18)16(19)20-14-7-5-6-11(2)8-14/h5-9,12H,4,18H2,1-3H3. The van der Waals surface area contributed by atoms with Crippen molar-refractivity contribution in [2.45, 2.75) is 33.2 Å². The molecule has 0 aliphatic carbocycles. The molecule has 0 radical (unpaired) electrons. The van der Waals surface area contributed by atoms with Crippen molar-refractivity contribution in [3.63, 3.8) is 0 Å². The monoisotopic (exact) mass is 269 g/mol. The van der Waals surface area contributed by atoms with Gasteiger partial charge in [-0.25, -0.2) is 0 Å². The first-order valence-electron chi connectivity index (χ1n) is 6.72. The molecule has 0 amide bonds. The number of hydrogen-bond donors (Lipinski definition) is 1. The van der Waals surface area contributed by atoms with Crippen LogP contribution in [0.5, 0.6) is 11.6 Å². The van der Waals surface area contributed by atoms with Gasteiger partial charge in [-0.2, -0.15) is 5.26 Å². The first-order chi connectivity index (χ1) is 9.56. The van der Waals surface area contributed by atoms with Crippen LogP contribution in [0, 0.1) is 18.3 Å². The van der Waals surface area contributed by atoms with Crippen LogP contribution in [0.3, 0.4) is 0 Å². The Hall–Kier alpha value is -2.41. The number of ether oxygens (including phenoxy) is 1. The molecule has 4 heteroatoms. The summed E-state index contributed by atoms with van der Waals surface area (Å²) in [4.78, 5) is 0. The first-order valence-corrected chi connectivity index (χ1v) is 6.72. The number of nitrogen functional groups attached to an aromatic ring is 1. The Morgan fingerprint density at radius 3 is 2.75 bits per heavy atom. The fourth-order valence-electron chi connectivity index (χ4n) is 2.13. The van der Waals surface area contributed by atoms with E-state index in [1.54, 1.807) is 6.07 Å². The minimum atomic E-state index is 0.154. The molecule has 0 saturated carbocycles. The summed E-state index contributed by atoms with van der Waals surface area (Å²) in [5.41, 5.74) is 8.13. The maximum absolute atomic E-state index is 9.23. The number of anilines is 1. The van der Waals surface area contributed by atoms with Gasteiger partial charge < -0.3 is 10.5 Å². The van der Waals surface area contributed by atoms with Gasteiger partial charge in [-0.3, -0.25) is 4.57 Å². The molecule has 0 spiro atoms. The second-order valence-corrected chi connectivity index (χ2v) is 4.95. The third kappa shape index (κ3) is 2.62. The van der Waals surface area contributed by atoms with E-state index in [9.17, 15) is 5.26 Å². The highest BCUT2D eigenvalue weighted by molar-refractivity contribution is 5.56. The Bertz CT molecular complexity index is 652. The lowest BCUT2D eigenvalue weighted by molar-refractivity contribution is 0.397. The van der Waals surface area contributed by atoms with E-state index in [1.807, 2.05) is 42.7 Å². The Morgan fingerprint density at radius 2 is 2.15 bits per heavy atom. The second-order valence-electron chi connectivity index (χ2n) is 4.95. The van der Waals surface area contributed by atoms with Crippen LogP contribution >= 0.6 is 0 Å². The second kappa shape index (κ2) is 5.70.